The molecule has 0 aliphatic rings. The maximum Gasteiger partial charge on any atom is 0.265 e. The van der Waals surface area contributed by atoms with Crippen LogP contribution in [0.15, 0.2) is 64.0 Å². The fourth-order valence-corrected chi connectivity index (χ4v) is 4.34. The van der Waals surface area contributed by atoms with E-state index in [1.165, 1.54) is 4.31 Å². The Balaban J connectivity index is 2.51. The summed E-state index contributed by atoms with van der Waals surface area (Å²) in [5.74, 6) is 0. The first-order chi connectivity index (χ1) is 10.1. The molecule has 0 unspecified atom stereocenters. The third-order valence-corrected chi connectivity index (χ3v) is 5.72. The van der Waals surface area contributed by atoms with E-state index in [0.717, 1.165) is 0 Å². The van der Waals surface area contributed by atoms with Crippen molar-refractivity contribution in [3.05, 3.63) is 59.1 Å². The highest BCUT2D eigenvalue weighted by atomic mass is 79.9. The van der Waals surface area contributed by atoms with Gasteiger partial charge in [-0.3, -0.25) is 4.31 Å². The Hall–Kier alpha value is -1.84. The van der Waals surface area contributed by atoms with Crippen molar-refractivity contribution in [2.24, 2.45) is 0 Å². The van der Waals surface area contributed by atoms with E-state index in [1.54, 1.807) is 48.5 Å². The lowest BCUT2D eigenvalue weighted by molar-refractivity contribution is 0.590. The average Bonchev–Trinajstić information content (AvgIpc) is 2.49. The number of rotatable bonds is 5. The lowest BCUT2D eigenvalue weighted by Crippen LogP contribution is -2.32. The summed E-state index contributed by atoms with van der Waals surface area (Å²) < 4.78 is 27.5. The Morgan fingerprint density at radius 2 is 1.67 bits per heavy atom. The van der Waals surface area contributed by atoms with Crippen molar-refractivity contribution in [3.8, 4) is 6.07 Å². The number of nitriles is 1. The molecule has 0 saturated heterocycles. The zero-order valence-electron chi connectivity index (χ0n) is 11.1. The molecule has 2 aromatic carbocycles. The van der Waals surface area contributed by atoms with Crippen molar-refractivity contribution in [1.29, 1.82) is 5.26 Å². The van der Waals surface area contributed by atoms with E-state index in [2.05, 4.69) is 15.9 Å². The monoisotopic (exact) mass is 364 g/mol. The molecule has 6 heteroatoms. The Morgan fingerprint density at radius 3 is 2.29 bits per heavy atom. The van der Waals surface area contributed by atoms with Gasteiger partial charge in [-0.2, -0.15) is 5.26 Å². The topological polar surface area (TPSA) is 61.2 Å². The highest BCUT2D eigenvalue weighted by Gasteiger charge is 2.26. The van der Waals surface area contributed by atoms with E-state index in [9.17, 15) is 8.42 Å². The maximum atomic E-state index is 12.8. The van der Waals surface area contributed by atoms with Gasteiger partial charge >= 0.3 is 0 Å². The van der Waals surface area contributed by atoms with E-state index in [4.69, 9.17) is 5.26 Å². The molecule has 0 N–H and O–H groups in total. The van der Waals surface area contributed by atoms with Gasteiger partial charge in [-0.15, -0.1) is 0 Å². The first-order valence-electron chi connectivity index (χ1n) is 6.26. The van der Waals surface area contributed by atoms with E-state index < -0.39 is 10.0 Å². The van der Waals surface area contributed by atoms with Crippen LogP contribution in [0.5, 0.6) is 0 Å². The second-order valence-electron chi connectivity index (χ2n) is 4.25. The standard InChI is InChI=1S/C15H13BrN2O2S/c16-14-9-4-5-10-15(14)21(19,20)18(12-6-11-17)13-7-2-1-3-8-13/h1-5,7-10H,6,12H2. The third kappa shape index (κ3) is 3.43. The molecule has 2 aromatic rings. The predicted molar refractivity (Wildman–Crippen MR) is 85.3 cm³/mol. The molecule has 0 aliphatic carbocycles. The number of hydrogen-bond acceptors (Lipinski definition) is 3. The van der Waals surface area contributed by atoms with Crippen LogP contribution in [0.1, 0.15) is 6.42 Å². The molecule has 0 amide bonds. The van der Waals surface area contributed by atoms with Crippen LogP contribution in [0.3, 0.4) is 0 Å². The molecule has 0 fully saturated rings. The summed E-state index contributed by atoms with van der Waals surface area (Å²) >= 11 is 3.27. The summed E-state index contributed by atoms with van der Waals surface area (Å²) in [7, 11) is -3.72. The summed E-state index contributed by atoms with van der Waals surface area (Å²) in [6.07, 6.45) is 0.124. The van der Waals surface area contributed by atoms with Crippen molar-refractivity contribution in [2.75, 3.05) is 10.8 Å². The van der Waals surface area contributed by atoms with Gasteiger partial charge in [0.2, 0.25) is 0 Å². The quantitative estimate of drug-likeness (QED) is 0.814. The smallest absolute Gasteiger partial charge is 0.265 e. The molecule has 0 spiro atoms. The second kappa shape index (κ2) is 6.74. The van der Waals surface area contributed by atoms with Gasteiger partial charge in [0.15, 0.2) is 0 Å². The number of para-hydroxylation sites is 1. The van der Waals surface area contributed by atoms with Crippen LogP contribution in [0.25, 0.3) is 0 Å². The molecule has 0 heterocycles. The van der Waals surface area contributed by atoms with Gasteiger partial charge in [0.05, 0.1) is 18.2 Å². The van der Waals surface area contributed by atoms with Crippen LogP contribution in [0.4, 0.5) is 5.69 Å². The van der Waals surface area contributed by atoms with Crippen LogP contribution in [-0.4, -0.2) is 15.0 Å². The molecule has 108 valence electrons. The minimum absolute atomic E-state index is 0.115. The molecule has 0 aliphatic heterocycles. The fraction of sp³-hybridized carbons (Fsp3) is 0.133. The predicted octanol–water partition coefficient (Wildman–Crippen LogP) is 3.56. The SMILES string of the molecule is N#CCCN(c1ccccc1)S(=O)(=O)c1ccccc1Br. The first kappa shape index (κ1) is 15.5. The van der Waals surface area contributed by atoms with Crippen molar-refractivity contribution < 1.29 is 8.42 Å². The highest BCUT2D eigenvalue weighted by molar-refractivity contribution is 9.10. The lowest BCUT2D eigenvalue weighted by atomic mass is 10.3. The number of nitrogens with zero attached hydrogens (tertiary/aromatic N) is 2. The Kier molecular flexibility index (Phi) is 4.99. The van der Waals surface area contributed by atoms with E-state index in [-0.39, 0.29) is 17.9 Å². The van der Waals surface area contributed by atoms with Gasteiger partial charge in [0.25, 0.3) is 10.0 Å². The van der Waals surface area contributed by atoms with Crippen LogP contribution in [-0.2, 0) is 10.0 Å². The molecule has 0 atom stereocenters. The van der Waals surface area contributed by atoms with Crippen LogP contribution in [0, 0.1) is 11.3 Å². The van der Waals surface area contributed by atoms with Crippen molar-refractivity contribution >= 4 is 31.6 Å². The van der Waals surface area contributed by atoms with E-state index in [1.807, 2.05) is 12.1 Å². The first-order valence-corrected chi connectivity index (χ1v) is 8.50. The molecule has 0 radical (unpaired) electrons. The number of sulfonamides is 1. The highest BCUT2D eigenvalue weighted by Crippen LogP contribution is 2.28. The molecule has 0 aromatic heterocycles. The minimum atomic E-state index is -3.72. The van der Waals surface area contributed by atoms with E-state index >= 15 is 0 Å². The molecular formula is C15H13BrN2O2S. The number of anilines is 1. The Labute approximate surface area is 132 Å². The van der Waals surface area contributed by atoms with Crippen molar-refractivity contribution in [1.82, 2.24) is 0 Å². The normalized spacial score (nSPS) is 10.9. The Bertz CT molecular complexity index is 755. The second-order valence-corrected chi connectivity index (χ2v) is 6.94. The summed E-state index contributed by atoms with van der Waals surface area (Å²) in [5.41, 5.74) is 0.545. The zero-order chi connectivity index (χ0) is 15.3. The lowest BCUT2D eigenvalue weighted by Gasteiger charge is -2.24. The largest absolute Gasteiger partial charge is 0.265 e. The number of benzene rings is 2. The number of halogens is 1. The van der Waals surface area contributed by atoms with Gasteiger partial charge in [0.1, 0.15) is 4.90 Å². The van der Waals surface area contributed by atoms with Gasteiger partial charge in [-0.25, -0.2) is 8.42 Å². The van der Waals surface area contributed by atoms with Crippen molar-refractivity contribution in [2.45, 2.75) is 11.3 Å². The van der Waals surface area contributed by atoms with Crippen LogP contribution in [0.2, 0.25) is 0 Å². The maximum absolute atomic E-state index is 12.8. The van der Waals surface area contributed by atoms with Gasteiger partial charge in [0, 0.05) is 11.0 Å². The molecule has 0 saturated carbocycles. The van der Waals surface area contributed by atoms with E-state index in [0.29, 0.717) is 10.2 Å². The summed E-state index contributed by atoms with van der Waals surface area (Å²) in [6, 6.07) is 17.4. The van der Waals surface area contributed by atoms with Gasteiger partial charge < -0.3 is 0 Å². The van der Waals surface area contributed by atoms with Crippen LogP contribution >= 0.6 is 15.9 Å². The molecule has 2 rings (SSSR count). The minimum Gasteiger partial charge on any atom is -0.265 e. The molecule has 0 bridgehead atoms. The average molecular weight is 365 g/mol. The van der Waals surface area contributed by atoms with Gasteiger partial charge in [-0.05, 0) is 40.2 Å². The number of hydrogen-bond donors (Lipinski definition) is 0. The fourth-order valence-electron chi connectivity index (χ4n) is 1.91. The molecular weight excluding hydrogens is 352 g/mol. The zero-order valence-corrected chi connectivity index (χ0v) is 13.5. The summed E-state index contributed by atoms with van der Waals surface area (Å²) in [5, 5.41) is 8.77. The van der Waals surface area contributed by atoms with Crippen LogP contribution < -0.4 is 4.31 Å². The summed E-state index contributed by atoms with van der Waals surface area (Å²) in [6.45, 7) is 0.115. The molecule has 21 heavy (non-hydrogen) atoms. The van der Waals surface area contributed by atoms with Gasteiger partial charge in [-0.1, -0.05) is 30.3 Å². The summed E-state index contributed by atoms with van der Waals surface area (Å²) in [4.78, 5) is 0.187. The molecule has 4 nitrogen and oxygen atoms in total. The van der Waals surface area contributed by atoms with Crippen molar-refractivity contribution in [3.63, 3.8) is 0 Å². The third-order valence-electron chi connectivity index (χ3n) is 2.88. The Morgan fingerprint density at radius 1 is 1.05 bits per heavy atom.